The van der Waals surface area contributed by atoms with Crippen molar-refractivity contribution in [3.63, 3.8) is 0 Å². The highest BCUT2D eigenvalue weighted by Gasteiger charge is 2.56. The normalized spacial score (nSPS) is 24.6. The topological polar surface area (TPSA) is 71.2 Å². The van der Waals surface area contributed by atoms with E-state index in [4.69, 9.17) is 16.3 Å². The molecule has 5 rings (SSSR count). The molecule has 3 aromatic rings. The first kappa shape index (κ1) is 20.7. The lowest BCUT2D eigenvalue weighted by molar-refractivity contribution is -0.139. The summed E-state index contributed by atoms with van der Waals surface area (Å²) in [5.41, 5.74) is 1.20. The maximum atomic E-state index is 15.0. The molecule has 2 heterocycles. The summed E-state index contributed by atoms with van der Waals surface area (Å²) < 4.78 is 37.3. The molecule has 32 heavy (non-hydrogen) atoms. The molecule has 2 aromatic carbocycles. The molecule has 9 heteroatoms. The number of ether oxygens (including phenoxy) is 1. The Labute approximate surface area is 188 Å². The summed E-state index contributed by atoms with van der Waals surface area (Å²) in [6, 6.07) is 14.0. The summed E-state index contributed by atoms with van der Waals surface area (Å²) in [4.78, 5) is 18.3. The Morgan fingerprint density at radius 2 is 2.06 bits per heavy atom. The van der Waals surface area contributed by atoms with E-state index < -0.39 is 23.5 Å². The lowest BCUT2D eigenvalue weighted by Crippen LogP contribution is -2.48. The number of benzene rings is 2. The fourth-order valence-electron chi connectivity index (χ4n) is 4.72. The quantitative estimate of drug-likeness (QED) is 0.529. The predicted molar refractivity (Wildman–Crippen MR) is 115 cm³/mol. The first-order valence-electron chi connectivity index (χ1n) is 10.3. The van der Waals surface area contributed by atoms with Gasteiger partial charge in [-0.15, -0.1) is 0 Å². The highest BCUT2D eigenvalue weighted by molar-refractivity contribution is 6.33. The Morgan fingerprint density at radius 1 is 1.25 bits per heavy atom. The third-order valence-corrected chi connectivity index (χ3v) is 6.73. The number of amides is 1. The number of hydrogen-bond donors (Lipinski definition) is 0. The van der Waals surface area contributed by atoms with Crippen LogP contribution in [0.5, 0.6) is 0 Å². The van der Waals surface area contributed by atoms with E-state index in [0.29, 0.717) is 27.3 Å². The van der Waals surface area contributed by atoms with Gasteiger partial charge in [-0.2, -0.15) is 5.26 Å². The number of nitrogens with zero attached hydrogens (tertiary/aromatic N) is 4. The average Bonchev–Trinajstić information content (AvgIpc) is 3.32. The fraction of sp³-hybridized carbons (Fsp3) is 0.348. The van der Waals surface area contributed by atoms with Gasteiger partial charge in [0.25, 0.3) is 5.92 Å². The molecule has 0 N–H and O–H groups in total. The van der Waals surface area contributed by atoms with Crippen molar-refractivity contribution >= 4 is 34.4 Å². The van der Waals surface area contributed by atoms with Crippen molar-refractivity contribution in [1.82, 2.24) is 9.55 Å². The molecule has 1 amide bonds. The molecule has 1 saturated heterocycles. The largest absolute Gasteiger partial charge is 0.441 e. The minimum Gasteiger partial charge on any atom is -0.441 e. The molecule has 2 fully saturated rings. The number of rotatable bonds is 3. The minimum atomic E-state index is -2.92. The minimum absolute atomic E-state index is 0.00375. The van der Waals surface area contributed by atoms with Crippen LogP contribution in [0.4, 0.5) is 19.3 Å². The maximum absolute atomic E-state index is 15.0. The number of aromatic nitrogens is 2. The van der Waals surface area contributed by atoms with E-state index in [-0.39, 0.29) is 32.4 Å². The molecular formula is C23H19ClF2N4O2. The number of hydrogen-bond acceptors (Lipinski definition) is 4. The first-order valence-corrected chi connectivity index (χ1v) is 10.7. The summed E-state index contributed by atoms with van der Waals surface area (Å²) >= 11 is 6.24. The van der Waals surface area contributed by atoms with E-state index >= 15 is 0 Å². The number of para-hydroxylation sites is 1. The van der Waals surface area contributed by atoms with Crippen LogP contribution in [-0.4, -0.2) is 33.7 Å². The van der Waals surface area contributed by atoms with E-state index in [2.05, 4.69) is 11.1 Å². The van der Waals surface area contributed by atoms with Gasteiger partial charge in [0, 0.05) is 18.9 Å². The van der Waals surface area contributed by atoms with Gasteiger partial charge in [-0.3, -0.25) is 4.90 Å². The third kappa shape index (κ3) is 3.47. The molecule has 1 aliphatic carbocycles. The van der Waals surface area contributed by atoms with E-state index in [9.17, 15) is 18.8 Å². The summed E-state index contributed by atoms with van der Waals surface area (Å²) in [5, 5.41) is 9.57. The van der Waals surface area contributed by atoms with Crippen LogP contribution < -0.4 is 4.90 Å². The van der Waals surface area contributed by atoms with Gasteiger partial charge < -0.3 is 9.30 Å². The summed E-state index contributed by atoms with van der Waals surface area (Å²) in [6.45, 7) is 0.176. The van der Waals surface area contributed by atoms with Gasteiger partial charge in [0.2, 0.25) is 0 Å². The first-order chi connectivity index (χ1) is 15.3. The zero-order valence-corrected chi connectivity index (χ0v) is 17.7. The lowest BCUT2D eigenvalue weighted by Gasteiger charge is -2.40. The van der Waals surface area contributed by atoms with Crippen LogP contribution in [0.3, 0.4) is 0 Å². The van der Waals surface area contributed by atoms with Crippen LogP contribution in [0, 0.1) is 17.2 Å². The van der Waals surface area contributed by atoms with E-state index in [1.807, 2.05) is 0 Å². The monoisotopic (exact) mass is 456 g/mol. The SMILES string of the molecule is N#Cc1ccc2ncn(C[C@@H]3C[C@]4(CCC3(F)F)CN(c3ccccc3Cl)C(=O)O4)c2c1. The van der Waals surface area contributed by atoms with E-state index in [1.165, 1.54) is 11.2 Å². The molecule has 1 saturated carbocycles. The van der Waals surface area contributed by atoms with Crippen LogP contribution in [-0.2, 0) is 11.3 Å². The number of carbonyl (C=O) groups excluding carboxylic acids is 1. The second-order valence-corrected chi connectivity index (χ2v) is 8.87. The number of alkyl halides is 2. The summed E-state index contributed by atoms with van der Waals surface area (Å²) in [6.07, 6.45) is 0.655. The molecule has 0 unspecified atom stereocenters. The average molecular weight is 457 g/mol. The van der Waals surface area contributed by atoms with Crippen molar-refractivity contribution in [2.24, 2.45) is 5.92 Å². The molecule has 2 atom stereocenters. The number of anilines is 1. The number of nitriles is 1. The standard InChI is InChI=1S/C23H19ClF2N4O2/c24-17-3-1-2-4-19(17)30-13-22(32-21(30)31)7-8-23(25,26)16(10-22)12-29-14-28-18-6-5-15(11-27)9-20(18)29/h1-6,9,14,16H,7-8,10,12-13H2/t16-,22+/m0/s1. The second-order valence-electron chi connectivity index (χ2n) is 8.46. The summed E-state index contributed by atoms with van der Waals surface area (Å²) in [7, 11) is 0. The smallest absolute Gasteiger partial charge is 0.415 e. The number of fused-ring (bicyclic) bond motifs is 1. The Bertz CT molecular complexity index is 1250. The fourth-order valence-corrected chi connectivity index (χ4v) is 4.96. The van der Waals surface area contributed by atoms with E-state index in [1.54, 1.807) is 47.0 Å². The Morgan fingerprint density at radius 3 is 2.84 bits per heavy atom. The molecular weight excluding hydrogens is 438 g/mol. The number of imidazole rings is 1. The maximum Gasteiger partial charge on any atom is 0.415 e. The van der Waals surface area contributed by atoms with Gasteiger partial charge >= 0.3 is 6.09 Å². The molecule has 2 aliphatic rings. The number of carbonyl (C=O) groups is 1. The van der Waals surface area contributed by atoms with Gasteiger partial charge in [-0.1, -0.05) is 23.7 Å². The van der Waals surface area contributed by atoms with Crippen molar-refractivity contribution in [2.75, 3.05) is 11.4 Å². The van der Waals surface area contributed by atoms with Gasteiger partial charge in [0.1, 0.15) is 5.60 Å². The van der Waals surface area contributed by atoms with Gasteiger partial charge in [-0.05, 0) is 43.2 Å². The van der Waals surface area contributed by atoms with Crippen molar-refractivity contribution in [3.05, 3.63) is 59.4 Å². The van der Waals surface area contributed by atoms with Crippen molar-refractivity contribution in [3.8, 4) is 6.07 Å². The molecule has 0 bridgehead atoms. The Kier molecular flexibility index (Phi) is 4.82. The molecule has 164 valence electrons. The predicted octanol–water partition coefficient (Wildman–Crippen LogP) is 5.39. The van der Waals surface area contributed by atoms with Crippen molar-refractivity contribution in [1.29, 1.82) is 5.26 Å². The zero-order valence-electron chi connectivity index (χ0n) is 17.0. The Hall–Kier alpha value is -3.18. The second kappa shape index (κ2) is 7.45. The van der Waals surface area contributed by atoms with Crippen LogP contribution in [0.15, 0.2) is 48.8 Å². The molecule has 6 nitrogen and oxygen atoms in total. The van der Waals surface area contributed by atoms with Gasteiger partial charge in [0.15, 0.2) is 0 Å². The van der Waals surface area contributed by atoms with Gasteiger partial charge in [-0.25, -0.2) is 18.6 Å². The van der Waals surface area contributed by atoms with Gasteiger partial charge in [0.05, 0.1) is 46.2 Å². The molecule has 1 aromatic heterocycles. The molecule has 1 spiro atoms. The van der Waals surface area contributed by atoms with Crippen LogP contribution in [0.25, 0.3) is 11.0 Å². The van der Waals surface area contributed by atoms with Crippen LogP contribution >= 0.6 is 11.6 Å². The van der Waals surface area contributed by atoms with Crippen LogP contribution in [0.1, 0.15) is 24.8 Å². The summed E-state index contributed by atoms with van der Waals surface area (Å²) in [5.74, 6) is -3.97. The number of halogens is 3. The Balaban J connectivity index is 1.43. The lowest BCUT2D eigenvalue weighted by atomic mass is 9.75. The van der Waals surface area contributed by atoms with Crippen molar-refractivity contribution < 1.29 is 18.3 Å². The highest BCUT2D eigenvalue weighted by atomic mass is 35.5. The van der Waals surface area contributed by atoms with Crippen molar-refractivity contribution in [2.45, 2.75) is 37.3 Å². The highest BCUT2D eigenvalue weighted by Crippen LogP contribution is 2.48. The molecule has 1 aliphatic heterocycles. The van der Waals surface area contributed by atoms with E-state index in [0.717, 1.165) is 0 Å². The third-order valence-electron chi connectivity index (χ3n) is 6.41. The molecule has 0 radical (unpaired) electrons. The van der Waals surface area contributed by atoms with Crippen LogP contribution in [0.2, 0.25) is 5.02 Å². The zero-order chi connectivity index (χ0) is 22.5.